The van der Waals surface area contributed by atoms with Gasteiger partial charge in [0.25, 0.3) is 0 Å². The van der Waals surface area contributed by atoms with Crippen LogP contribution < -0.4 is 10.2 Å². The zero-order valence-electron chi connectivity index (χ0n) is 11.2. The second-order valence-corrected chi connectivity index (χ2v) is 4.76. The average Bonchev–Trinajstić information content (AvgIpc) is 2.72. The Morgan fingerprint density at radius 2 is 2.12 bits per heavy atom. The largest absolute Gasteiger partial charge is 0.406 e. The molecule has 0 fully saturated rings. The lowest BCUT2D eigenvalue weighted by Crippen LogP contribution is -2.38. The van der Waals surface area contributed by atoms with Crippen LogP contribution in [0.3, 0.4) is 0 Å². The minimum atomic E-state index is -0.792. The molecule has 17 heavy (non-hydrogen) atoms. The summed E-state index contributed by atoms with van der Waals surface area (Å²) in [6, 6.07) is 0.476. The topological polar surface area (TPSA) is 74.4 Å². The molecule has 6 nitrogen and oxygen atoms in total. The summed E-state index contributed by atoms with van der Waals surface area (Å²) in [5.74, 6) is 0.552. The first kappa shape index (κ1) is 13.9. The molecule has 0 aliphatic heterocycles. The number of anilines is 1. The maximum absolute atomic E-state index is 9.80. The minimum Gasteiger partial charge on any atom is -0.406 e. The van der Waals surface area contributed by atoms with Crippen LogP contribution in [0.2, 0.25) is 0 Å². The van der Waals surface area contributed by atoms with Gasteiger partial charge in [0.2, 0.25) is 5.89 Å². The normalized spacial score (nSPS) is 13.8. The molecule has 0 bridgehead atoms. The Labute approximate surface area is 102 Å². The zero-order valence-corrected chi connectivity index (χ0v) is 11.2. The molecule has 1 aromatic rings. The van der Waals surface area contributed by atoms with Crippen molar-refractivity contribution in [1.82, 2.24) is 15.5 Å². The Morgan fingerprint density at radius 3 is 2.59 bits per heavy atom. The summed E-state index contributed by atoms with van der Waals surface area (Å²) in [4.78, 5) is 1.86. The third kappa shape index (κ3) is 3.98. The highest BCUT2D eigenvalue weighted by Crippen LogP contribution is 2.18. The highest BCUT2D eigenvalue weighted by molar-refractivity contribution is 5.24. The van der Waals surface area contributed by atoms with Gasteiger partial charge in [-0.25, -0.2) is 0 Å². The fourth-order valence-corrected chi connectivity index (χ4v) is 1.43. The predicted molar refractivity (Wildman–Crippen MR) is 66.0 cm³/mol. The van der Waals surface area contributed by atoms with Crippen molar-refractivity contribution in [3.63, 3.8) is 0 Å². The number of likely N-dealkylation sites (N-methyl/N-ethyl adjacent to an activating group) is 1. The molecule has 0 amide bonds. The Kier molecular flexibility index (Phi) is 4.47. The van der Waals surface area contributed by atoms with Crippen molar-refractivity contribution in [3.05, 3.63) is 5.89 Å². The van der Waals surface area contributed by atoms with Crippen LogP contribution in [0, 0.1) is 0 Å². The van der Waals surface area contributed by atoms with Gasteiger partial charge in [-0.2, -0.15) is 0 Å². The average molecular weight is 242 g/mol. The third-order valence-corrected chi connectivity index (χ3v) is 2.46. The number of aliphatic hydroxyl groups is 1. The van der Waals surface area contributed by atoms with Crippen molar-refractivity contribution in [2.45, 2.75) is 39.3 Å². The summed E-state index contributed by atoms with van der Waals surface area (Å²) in [6.45, 7) is 8.60. The van der Waals surface area contributed by atoms with Crippen LogP contribution in [0.5, 0.6) is 0 Å². The monoisotopic (exact) mass is 242 g/mol. The first-order chi connectivity index (χ1) is 7.87. The van der Waals surface area contributed by atoms with Crippen molar-refractivity contribution in [1.29, 1.82) is 0 Å². The Hall–Kier alpha value is -1.14. The molecule has 0 aliphatic carbocycles. The molecule has 1 unspecified atom stereocenters. The van der Waals surface area contributed by atoms with Gasteiger partial charge in [0, 0.05) is 6.54 Å². The quantitative estimate of drug-likeness (QED) is 0.773. The van der Waals surface area contributed by atoms with Crippen molar-refractivity contribution in [2.24, 2.45) is 0 Å². The molecular formula is C11H22N4O2. The highest BCUT2D eigenvalue weighted by atomic mass is 16.4. The minimum absolute atomic E-state index is 0.0251. The van der Waals surface area contributed by atoms with Crippen LogP contribution in [-0.4, -0.2) is 41.0 Å². The highest BCUT2D eigenvalue weighted by Gasteiger charge is 2.22. The summed E-state index contributed by atoms with van der Waals surface area (Å²) in [5, 5.41) is 20.8. The first-order valence-electron chi connectivity index (χ1n) is 5.85. The number of rotatable bonds is 6. The zero-order chi connectivity index (χ0) is 13.1. The van der Waals surface area contributed by atoms with Gasteiger partial charge in [0.05, 0.1) is 18.2 Å². The maximum atomic E-state index is 9.80. The Morgan fingerprint density at radius 1 is 1.47 bits per heavy atom. The van der Waals surface area contributed by atoms with Gasteiger partial charge in [-0.3, -0.25) is 0 Å². The molecule has 1 heterocycles. The number of aromatic nitrogens is 2. The van der Waals surface area contributed by atoms with Crippen LogP contribution in [0.1, 0.15) is 39.6 Å². The summed E-state index contributed by atoms with van der Waals surface area (Å²) < 4.78 is 5.57. The number of nitrogens with one attached hydrogen (secondary N) is 1. The SMILES string of the molecule is CCN(CC(C)(C)O)c1nnc(C(C)NC)o1. The number of hydrogen-bond acceptors (Lipinski definition) is 6. The summed E-state index contributed by atoms with van der Waals surface area (Å²) in [7, 11) is 1.84. The fraction of sp³-hybridized carbons (Fsp3) is 0.818. The van der Waals surface area contributed by atoms with Crippen molar-refractivity contribution >= 4 is 6.01 Å². The van der Waals surface area contributed by atoms with Crippen LogP contribution in [0.4, 0.5) is 6.01 Å². The van der Waals surface area contributed by atoms with Gasteiger partial charge >= 0.3 is 6.01 Å². The molecule has 1 aromatic heterocycles. The van der Waals surface area contributed by atoms with Crippen LogP contribution >= 0.6 is 0 Å². The van der Waals surface area contributed by atoms with E-state index in [4.69, 9.17) is 4.42 Å². The lowest BCUT2D eigenvalue weighted by molar-refractivity contribution is 0.0863. The van der Waals surface area contributed by atoms with E-state index in [-0.39, 0.29) is 6.04 Å². The Bertz CT molecular complexity index is 345. The Balaban J connectivity index is 2.79. The smallest absolute Gasteiger partial charge is 0.318 e. The van der Waals surface area contributed by atoms with E-state index in [9.17, 15) is 5.11 Å². The molecule has 0 saturated heterocycles. The molecule has 0 radical (unpaired) electrons. The van der Waals surface area contributed by atoms with Gasteiger partial charge in [-0.15, -0.1) is 5.10 Å². The molecule has 0 aliphatic rings. The third-order valence-electron chi connectivity index (χ3n) is 2.46. The van der Waals surface area contributed by atoms with Crippen molar-refractivity contribution < 1.29 is 9.52 Å². The second kappa shape index (κ2) is 5.46. The van der Waals surface area contributed by atoms with Gasteiger partial charge in [-0.1, -0.05) is 5.10 Å². The van der Waals surface area contributed by atoms with E-state index in [0.717, 1.165) is 0 Å². The van der Waals surface area contributed by atoms with Gasteiger partial charge in [-0.05, 0) is 34.7 Å². The van der Waals surface area contributed by atoms with Gasteiger partial charge in [0.1, 0.15) is 0 Å². The van der Waals surface area contributed by atoms with E-state index >= 15 is 0 Å². The number of hydrogen-bond donors (Lipinski definition) is 2. The summed E-state index contributed by atoms with van der Waals surface area (Å²) in [5.41, 5.74) is -0.792. The maximum Gasteiger partial charge on any atom is 0.318 e. The summed E-state index contributed by atoms with van der Waals surface area (Å²) in [6.07, 6.45) is 0. The first-order valence-corrected chi connectivity index (χ1v) is 5.85. The van der Waals surface area contributed by atoms with E-state index in [1.54, 1.807) is 13.8 Å². The molecule has 6 heteroatoms. The lowest BCUT2D eigenvalue weighted by atomic mass is 10.1. The molecule has 0 saturated carbocycles. The van der Waals surface area contributed by atoms with E-state index in [1.165, 1.54) is 0 Å². The molecule has 0 aromatic carbocycles. The van der Waals surface area contributed by atoms with Crippen LogP contribution in [0.25, 0.3) is 0 Å². The predicted octanol–water partition coefficient (Wildman–Crippen LogP) is 0.947. The van der Waals surface area contributed by atoms with E-state index < -0.39 is 5.60 Å². The van der Waals surface area contributed by atoms with Crippen molar-refractivity contribution in [3.8, 4) is 0 Å². The molecule has 2 N–H and O–H groups in total. The summed E-state index contributed by atoms with van der Waals surface area (Å²) >= 11 is 0. The lowest BCUT2D eigenvalue weighted by Gasteiger charge is -2.26. The van der Waals surface area contributed by atoms with E-state index in [1.807, 2.05) is 25.8 Å². The van der Waals surface area contributed by atoms with E-state index in [0.29, 0.717) is 25.0 Å². The van der Waals surface area contributed by atoms with Crippen LogP contribution in [0.15, 0.2) is 4.42 Å². The number of nitrogens with zero attached hydrogens (tertiary/aromatic N) is 3. The van der Waals surface area contributed by atoms with E-state index in [2.05, 4.69) is 15.5 Å². The second-order valence-electron chi connectivity index (χ2n) is 4.76. The van der Waals surface area contributed by atoms with Gasteiger partial charge < -0.3 is 19.7 Å². The molecule has 1 atom stereocenters. The molecule has 98 valence electrons. The van der Waals surface area contributed by atoms with Gasteiger partial charge in [0.15, 0.2) is 0 Å². The molecular weight excluding hydrogens is 220 g/mol. The van der Waals surface area contributed by atoms with Crippen LogP contribution in [-0.2, 0) is 0 Å². The standard InChI is InChI=1S/C11H22N4O2/c1-6-15(7-11(3,4)16)10-14-13-9(17-10)8(2)12-5/h8,12,16H,6-7H2,1-5H3. The molecule has 0 spiro atoms. The fourth-order valence-electron chi connectivity index (χ4n) is 1.43. The van der Waals surface area contributed by atoms with Crippen molar-refractivity contribution in [2.75, 3.05) is 25.0 Å². The molecule has 1 rings (SSSR count).